The molecule has 3 rings (SSSR count). The van der Waals surface area contributed by atoms with E-state index in [-0.39, 0.29) is 0 Å². The number of nitrogens with one attached hydrogen (secondary N) is 1. The van der Waals surface area contributed by atoms with Crippen LogP contribution < -0.4 is 5.32 Å². The molecule has 0 bridgehead atoms. The van der Waals surface area contributed by atoms with Crippen LogP contribution in [0.2, 0.25) is 5.02 Å². The smallest absolute Gasteiger partial charge is 0.0637 e. The molecule has 0 saturated carbocycles. The lowest BCUT2D eigenvalue weighted by molar-refractivity contribution is 0.208. The number of nitrogens with zero attached hydrogens (tertiary/aromatic N) is 1. The summed E-state index contributed by atoms with van der Waals surface area (Å²) < 4.78 is 1.30. The van der Waals surface area contributed by atoms with E-state index in [1.807, 2.05) is 11.3 Å². The number of fused-ring (bicyclic) bond motifs is 1. The van der Waals surface area contributed by atoms with Gasteiger partial charge in [0.25, 0.3) is 0 Å². The highest BCUT2D eigenvalue weighted by atomic mass is 35.5. The summed E-state index contributed by atoms with van der Waals surface area (Å²) in [5, 5.41) is 5.61. The lowest BCUT2D eigenvalue weighted by atomic mass is 9.97. The summed E-state index contributed by atoms with van der Waals surface area (Å²) in [7, 11) is 0. The third-order valence-corrected chi connectivity index (χ3v) is 6.09. The van der Waals surface area contributed by atoms with Gasteiger partial charge in [-0.1, -0.05) is 36.7 Å². The van der Waals surface area contributed by atoms with Crippen molar-refractivity contribution >= 4 is 33.0 Å². The Balaban J connectivity index is 1.71. The normalized spacial score (nSPS) is 16.9. The predicted molar refractivity (Wildman–Crippen MR) is 93.4 cm³/mol. The standard InChI is InChI=1S/C17H23ClN2S/c1-2-20(11-13-7-9-19-10-8-13)12-16-17(18)14-5-3-4-6-15(14)21-16/h3-6,13,19H,2,7-12H2,1H3. The van der Waals surface area contributed by atoms with Gasteiger partial charge in [-0.2, -0.15) is 0 Å². The van der Waals surface area contributed by atoms with Crippen LogP contribution in [0.15, 0.2) is 24.3 Å². The minimum Gasteiger partial charge on any atom is -0.317 e. The Hall–Kier alpha value is -0.610. The van der Waals surface area contributed by atoms with Crippen LogP contribution in [-0.2, 0) is 6.54 Å². The Morgan fingerprint density at radius 3 is 2.76 bits per heavy atom. The maximum absolute atomic E-state index is 6.57. The lowest BCUT2D eigenvalue weighted by Gasteiger charge is -2.29. The first-order valence-electron chi connectivity index (χ1n) is 7.87. The van der Waals surface area contributed by atoms with Gasteiger partial charge in [-0.15, -0.1) is 11.3 Å². The molecule has 114 valence electrons. The minimum absolute atomic E-state index is 0.833. The van der Waals surface area contributed by atoms with Gasteiger partial charge in [0.05, 0.1) is 5.02 Å². The average Bonchev–Trinajstić information content (AvgIpc) is 2.84. The Labute approximate surface area is 136 Å². The Kier molecular flexibility index (Phi) is 5.17. The second-order valence-electron chi connectivity index (χ2n) is 5.86. The van der Waals surface area contributed by atoms with Crippen LogP contribution >= 0.6 is 22.9 Å². The summed E-state index contributed by atoms with van der Waals surface area (Å²) in [6.07, 6.45) is 2.60. The molecule has 2 nitrogen and oxygen atoms in total. The minimum atomic E-state index is 0.833. The average molecular weight is 323 g/mol. The molecule has 0 radical (unpaired) electrons. The number of piperidine rings is 1. The van der Waals surface area contributed by atoms with E-state index in [9.17, 15) is 0 Å². The van der Waals surface area contributed by atoms with Gasteiger partial charge in [-0.05, 0) is 44.5 Å². The Bertz CT molecular complexity index is 589. The van der Waals surface area contributed by atoms with Gasteiger partial charge in [0.15, 0.2) is 0 Å². The van der Waals surface area contributed by atoms with E-state index in [0.29, 0.717) is 0 Å². The number of thiophene rings is 1. The molecule has 4 heteroatoms. The summed E-state index contributed by atoms with van der Waals surface area (Å²) in [6.45, 7) is 7.87. The van der Waals surface area contributed by atoms with E-state index in [1.165, 1.54) is 47.4 Å². The number of hydrogen-bond acceptors (Lipinski definition) is 3. The highest BCUT2D eigenvalue weighted by Gasteiger charge is 2.18. The van der Waals surface area contributed by atoms with E-state index in [0.717, 1.165) is 24.0 Å². The fourth-order valence-corrected chi connectivity index (χ4v) is 4.64. The molecular weight excluding hydrogens is 300 g/mol. The van der Waals surface area contributed by atoms with Crippen molar-refractivity contribution in [2.45, 2.75) is 26.3 Å². The molecule has 21 heavy (non-hydrogen) atoms. The molecule has 1 aromatic heterocycles. The first-order valence-corrected chi connectivity index (χ1v) is 9.06. The van der Waals surface area contributed by atoms with Gasteiger partial charge in [-0.25, -0.2) is 0 Å². The number of halogens is 1. The maximum atomic E-state index is 6.57. The van der Waals surface area contributed by atoms with Crippen molar-refractivity contribution in [2.75, 3.05) is 26.2 Å². The largest absolute Gasteiger partial charge is 0.317 e. The number of benzene rings is 1. The van der Waals surface area contributed by atoms with Crippen LogP contribution in [0.5, 0.6) is 0 Å². The Morgan fingerprint density at radius 1 is 1.29 bits per heavy atom. The highest BCUT2D eigenvalue weighted by molar-refractivity contribution is 7.19. The Morgan fingerprint density at radius 2 is 2.05 bits per heavy atom. The fourth-order valence-electron chi connectivity index (χ4n) is 3.10. The molecule has 2 aromatic rings. The number of hydrogen-bond donors (Lipinski definition) is 1. The second kappa shape index (κ2) is 7.10. The van der Waals surface area contributed by atoms with Crippen molar-refractivity contribution in [2.24, 2.45) is 5.92 Å². The van der Waals surface area contributed by atoms with Crippen molar-refractivity contribution in [3.63, 3.8) is 0 Å². The third-order valence-electron chi connectivity index (χ3n) is 4.39. The molecule has 1 aliphatic heterocycles. The fraction of sp³-hybridized carbons (Fsp3) is 0.529. The van der Waals surface area contributed by atoms with Crippen molar-refractivity contribution in [3.8, 4) is 0 Å². The van der Waals surface area contributed by atoms with Crippen LogP contribution in [-0.4, -0.2) is 31.1 Å². The summed E-state index contributed by atoms with van der Waals surface area (Å²) in [6, 6.07) is 8.45. The van der Waals surface area contributed by atoms with Crippen molar-refractivity contribution in [1.29, 1.82) is 0 Å². The summed E-state index contributed by atoms with van der Waals surface area (Å²) in [5.41, 5.74) is 0. The molecule has 1 saturated heterocycles. The zero-order chi connectivity index (χ0) is 14.7. The molecule has 1 fully saturated rings. The second-order valence-corrected chi connectivity index (χ2v) is 7.37. The van der Waals surface area contributed by atoms with E-state index < -0.39 is 0 Å². The van der Waals surface area contributed by atoms with Gasteiger partial charge < -0.3 is 5.32 Å². The van der Waals surface area contributed by atoms with Gasteiger partial charge in [0.2, 0.25) is 0 Å². The van der Waals surface area contributed by atoms with E-state index >= 15 is 0 Å². The first kappa shape index (κ1) is 15.3. The van der Waals surface area contributed by atoms with Crippen LogP contribution in [0.1, 0.15) is 24.6 Å². The summed E-state index contributed by atoms with van der Waals surface area (Å²) >= 11 is 8.42. The van der Waals surface area contributed by atoms with E-state index in [2.05, 4.69) is 41.4 Å². The summed E-state index contributed by atoms with van der Waals surface area (Å²) in [5.74, 6) is 0.833. The maximum Gasteiger partial charge on any atom is 0.0637 e. The zero-order valence-corrected chi connectivity index (χ0v) is 14.1. The van der Waals surface area contributed by atoms with Gasteiger partial charge in [-0.3, -0.25) is 4.90 Å². The predicted octanol–water partition coefficient (Wildman–Crippen LogP) is 4.38. The molecule has 0 unspecified atom stereocenters. The molecular formula is C17H23ClN2S. The lowest BCUT2D eigenvalue weighted by Crippen LogP contribution is -2.35. The molecule has 0 aliphatic carbocycles. The quantitative estimate of drug-likeness (QED) is 0.879. The van der Waals surface area contributed by atoms with Gasteiger partial charge in [0.1, 0.15) is 0 Å². The SMILES string of the molecule is CCN(Cc1sc2ccccc2c1Cl)CC1CCNCC1. The van der Waals surface area contributed by atoms with Gasteiger partial charge in [0, 0.05) is 28.1 Å². The molecule has 1 aromatic carbocycles. The van der Waals surface area contributed by atoms with Crippen LogP contribution in [0.3, 0.4) is 0 Å². The molecule has 1 N–H and O–H groups in total. The van der Waals surface area contributed by atoms with E-state index in [4.69, 9.17) is 11.6 Å². The first-order chi connectivity index (χ1) is 10.3. The molecule has 1 aliphatic rings. The summed E-state index contributed by atoms with van der Waals surface area (Å²) in [4.78, 5) is 3.86. The highest BCUT2D eigenvalue weighted by Crippen LogP contribution is 2.36. The monoisotopic (exact) mass is 322 g/mol. The van der Waals surface area contributed by atoms with Crippen LogP contribution in [0, 0.1) is 5.92 Å². The van der Waals surface area contributed by atoms with Crippen LogP contribution in [0.25, 0.3) is 10.1 Å². The third kappa shape index (κ3) is 3.59. The molecule has 2 heterocycles. The van der Waals surface area contributed by atoms with Gasteiger partial charge >= 0.3 is 0 Å². The molecule has 0 atom stereocenters. The van der Waals surface area contributed by atoms with E-state index in [1.54, 1.807) is 0 Å². The van der Waals surface area contributed by atoms with Crippen molar-refractivity contribution in [1.82, 2.24) is 10.2 Å². The van der Waals surface area contributed by atoms with Crippen LogP contribution in [0.4, 0.5) is 0 Å². The van der Waals surface area contributed by atoms with Crippen molar-refractivity contribution < 1.29 is 0 Å². The molecule has 0 amide bonds. The zero-order valence-electron chi connectivity index (χ0n) is 12.6. The molecule has 0 spiro atoms. The topological polar surface area (TPSA) is 15.3 Å². The number of rotatable bonds is 5. The van der Waals surface area contributed by atoms with Crippen molar-refractivity contribution in [3.05, 3.63) is 34.2 Å².